The van der Waals surface area contributed by atoms with Gasteiger partial charge in [0.25, 0.3) is 0 Å². The number of imidazole rings is 1. The summed E-state index contributed by atoms with van der Waals surface area (Å²) in [5.74, 6) is 1.50. The molecule has 0 atom stereocenters. The van der Waals surface area contributed by atoms with Crippen LogP contribution in [-0.2, 0) is 17.1 Å². The van der Waals surface area contributed by atoms with Crippen LogP contribution < -0.4 is 5.32 Å². The topological polar surface area (TPSA) is 46.9 Å². The fourth-order valence-electron chi connectivity index (χ4n) is 2.37. The molecular weight excluding hydrogens is 294 g/mol. The van der Waals surface area contributed by atoms with Crippen molar-refractivity contribution in [3.8, 4) is 0 Å². The fraction of sp³-hybridized carbons (Fsp3) is 0.412. The van der Waals surface area contributed by atoms with Crippen molar-refractivity contribution in [3.63, 3.8) is 0 Å². The fourth-order valence-corrected chi connectivity index (χ4v) is 3.17. The molecule has 0 aliphatic heterocycles. The van der Waals surface area contributed by atoms with Crippen LogP contribution in [0.2, 0.25) is 0 Å². The van der Waals surface area contributed by atoms with Gasteiger partial charge in [0, 0.05) is 31.2 Å². The van der Waals surface area contributed by atoms with Crippen molar-refractivity contribution in [2.75, 3.05) is 12.3 Å². The van der Waals surface area contributed by atoms with Gasteiger partial charge in [-0.05, 0) is 25.8 Å². The molecular formula is C17H23N3OS. The highest BCUT2D eigenvalue weighted by Gasteiger charge is 2.02. The van der Waals surface area contributed by atoms with Gasteiger partial charge >= 0.3 is 0 Å². The molecule has 4 nitrogen and oxygen atoms in total. The number of carbonyl (C=O) groups is 1. The standard InChI is InChI=1S/C17H23N3OS/c1-14-8-15(2)10-16(9-14)11-22-12-17(21)19-4-3-6-20-7-5-18-13-20/h5,7-10,13H,3-4,6,11-12H2,1-2H3,(H,19,21). The van der Waals surface area contributed by atoms with Gasteiger partial charge in [-0.25, -0.2) is 4.98 Å². The summed E-state index contributed by atoms with van der Waals surface area (Å²) in [5, 5.41) is 2.96. The molecule has 1 heterocycles. The van der Waals surface area contributed by atoms with Crippen LogP contribution in [0.5, 0.6) is 0 Å². The van der Waals surface area contributed by atoms with Crippen molar-refractivity contribution in [2.45, 2.75) is 32.6 Å². The zero-order valence-corrected chi connectivity index (χ0v) is 14.0. The Kier molecular flexibility index (Phi) is 6.52. The summed E-state index contributed by atoms with van der Waals surface area (Å²) in [6.45, 7) is 5.80. The SMILES string of the molecule is Cc1cc(C)cc(CSCC(=O)NCCCn2ccnc2)c1. The quantitative estimate of drug-likeness (QED) is 0.762. The minimum absolute atomic E-state index is 0.111. The van der Waals surface area contributed by atoms with Crippen molar-refractivity contribution in [1.29, 1.82) is 0 Å². The van der Waals surface area contributed by atoms with Gasteiger partial charge in [0.15, 0.2) is 0 Å². The second-order valence-electron chi connectivity index (χ2n) is 5.49. The Labute approximate surface area is 136 Å². The molecule has 0 fully saturated rings. The Hall–Kier alpha value is -1.75. The number of thioether (sulfide) groups is 1. The smallest absolute Gasteiger partial charge is 0.230 e. The van der Waals surface area contributed by atoms with E-state index >= 15 is 0 Å². The molecule has 1 aromatic heterocycles. The lowest BCUT2D eigenvalue weighted by Gasteiger charge is -2.07. The highest BCUT2D eigenvalue weighted by atomic mass is 32.2. The van der Waals surface area contributed by atoms with E-state index in [1.807, 2.05) is 10.8 Å². The van der Waals surface area contributed by atoms with Crippen LogP contribution in [0.3, 0.4) is 0 Å². The highest BCUT2D eigenvalue weighted by molar-refractivity contribution is 7.99. The zero-order valence-electron chi connectivity index (χ0n) is 13.2. The summed E-state index contributed by atoms with van der Waals surface area (Å²) >= 11 is 1.66. The van der Waals surface area contributed by atoms with E-state index in [4.69, 9.17) is 0 Å². The van der Waals surface area contributed by atoms with Crippen LogP contribution in [0.1, 0.15) is 23.1 Å². The van der Waals surface area contributed by atoms with Crippen LogP contribution in [0.25, 0.3) is 0 Å². The maximum Gasteiger partial charge on any atom is 0.230 e. The number of amides is 1. The Morgan fingerprint density at radius 3 is 2.73 bits per heavy atom. The van der Waals surface area contributed by atoms with E-state index in [-0.39, 0.29) is 5.91 Å². The van der Waals surface area contributed by atoms with Crippen LogP contribution in [0.4, 0.5) is 0 Å². The number of rotatable bonds is 8. The van der Waals surface area contributed by atoms with Crippen molar-refractivity contribution in [2.24, 2.45) is 0 Å². The molecule has 22 heavy (non-hydrogen) atoms. The van der Waals surface area contributed by atoms with E-state index in [0.29, 0.717) is 12.3 Å². The molecule has 2 rings (SSSR count). The molecule has 0 aliphatic carbocycles. The summed E-state index contributed by atoms with van der Waals surface area (Å²) in [7, 11) is 0. The largest absolute Gasteiger partial charge is 0.355 e. The normalized spacial score (nSPS) is 10.6. The Morgan fingerprint density at radius 2 is 2.05 bits per heavy atom. The second-order valence-corrected chi connectivity index (χ2v) is 6.48. The summed E-state index contributed by atoms with van der Waals surface area (Å²) in [4.78, 5) is 15.8. The number of benzene rings is 1. The lowest BCUT2D eigenvalue weighted by Crippen LogP contribution is -2.26. The average molecular weight is 317 g/mol. The molecule has 1 N–H and O–H groups in total. The first-order chi connectivity index (χ1) is 10.6. The van der Waals surface area contributed by atoms with Gasteiger partial charge in [-0.2, -0.15) is 0 Å². The summed E-state index contributed by atoms with van der Waals surface area (Å²) in [5.41, 5.74) is 3.84. The molecule has 5 heteroatoms. The van der Waals surface area contributed by atoms with Crippen LogP contribution >= 0.6 is 11.8 Å². The molecule has 0 unspecified atom stereocenters. The third-order valence-electron chi connectivity index (χ3n) is 3.26. The number of hydrogen-bond donors (Lipinski definition) is 1. The molecule has 0 radical (unpaired) electrons. The first-order valence-electron chi connectivity index (χ1n) is 7.51. The lowest BCUT2D eigenvalue weighted by atomic mass is 10.1. The molecule has 0 aliphatic rings. The maximum absolute atomic E-state index is 11.8. The minimum Gasteiger partial charge on any atom is -0.355 e. The molecule has 0 saturated carbocycles. The number of aromatic nitrogens is 2. The Balaban J connectivity index is 1.59. The Bertz CT molecular complexity index is 576. The second kappa shape index (κ2) is 8.63. The molecule has 118 valence electrons. The lowest BCUT2D eigenvalue weighted by molar-refractivity contribution is -0.118. The van der Waals surface area contributed by atoms with Gasteiger partial charge in [0.1, 0.15) is 0 Å². The number of carbonyl (C=O) groups excluding carboxylic acids is 1. The predicted octanol–water partition coefficient (Wildman–Crippen LogP) is 2.94. The monoisotopic (exact) mass is 317 g/mol. The van der Waals surface area contributed by atoms with E-state index in [1.54, 1.807) is 24.3 Å². The zero-order chi connectivity index (χ0) is 15.8. The van der Waals surface area contributed by atoms with Crippen LogP contribution in [0.15, 0.2) is 36.9 Å². The highest BCUT2D eigenvalue weighted by Crippen LogP contribution is 2.15. The van der Waals surface area contributed by atoms with Gasteiger partial charge in [0.2, 0.25) is 5.91 Å². The van der Waals surface area contributed by atoms with Crippen LogP contribution in [-0.4, -0.2) is 27.8 Å². The third kappa shape index (κ3) is 5.93. The number of nitrogens with one attached hydrogen (secondary N) is 1. The number of nitrogens with zero attached hydrogens (tertiary/aromatic N) is 2. The van der Waals surface area contributed by atoms with E-state index in [2.05, 4.69) is 42.3 Å². The van der Waals surface area contributed by atoms with Crippen molar-refractivity contribution in [3.05, 3.63) is 53.6 Å². The summed E-state index contributed by atoms with van der Waals surface area (Å²) in [6.07, 6.45) is 6.41. The first-order valence-corrected chi connectivity index (χ1v) is 8.66. The van der Waals surface area contributed by atoms with Gasteiger partial charge in [-0.3, -0.25) is 4.79 Å². The van der Waals surface area contributed by atoms with E-state index in [0.717, 1.165) is 18.7 Å². The van der Waals surface area contributed by atoms with Gasteiger partial charge in [0.05, 0.1) is 12.1 Å². The van der Waals surface area contributed by atoms with Crippen molar-refractivity contribution in [1.82, 2.24) is 14.9 Å². The molecule has 2 aromatic rings. The maximum atomic E-state index is 11.8. The minimum atomic E-state index is 0.111. The van der Waals surface area contributed by atoms with E-state index < -0.39 is 0 Å². The summed E-state index contributed by atoms with van der Waals surface area (Å²) < 4.78 is 2.01. The third-order valence-corrected chi connectivity index (χ3v) is 4.26. The summed E-state index contributed by atoms with van der Waals surface area (Å²) in [6, 6.07) is 6.53. The molecule has 0 bridgehead atoms. The Morgan fingerprint density at radius 1 is 1.27 bits per heavy atom. The number of aryl methyl sites for hydroxylation is 3. The molecule has 1 aromatic carbocycles. The van der Waals surface area contributed by atoms with Gasteiger partial charge in [-0.1, -0.05) is 29.3 Å². The van der Waals surface area contributed by atoms with Gasteiger partial charge < -0.3 is 9.88 Å². The molecule has 1 amide bonds. The first kappa shape index (κ1) is 16.6. The average Bonchev–Trinajstić information content (AvgIpc) is 2.96. The molecule has 0 spiro atoms. The van der Waals surface area contributed by atoms with Crippen LogP contribution in [0, 0.1) is 13.8 Å². The van der Waals surface area contributed by atoms with E-state index in [9.17, 15) is 4.79 Å². The predicted molar refractivity (Wildman–Crippen MR) is 91.9 cm³/mol. The van der Waals surface area contributed by atoms with Gasteiger partial charge in [-0.15, -0.1) is 11.8 Å². The van der Waals surface area contributed by atoms with Crippen molar-refractivity contribution >= 4 is 17.7 Å². The number of hydrogen-bond acceptors (Lipinski definition) is 3. The van der Waals surface area contributed by atoms with E-state index in [1.165, 1.54) is 16.7 Å². The molecule has 0 saturated heterocycles. The van der Waals surface area contributed by atoms with Crippen molar-refractivity contribution < 1.29 is 4.79 Å².